The van der Waals surface area contributed by atoms with E-state index in [2.05, 4.69) is 11.4 Å². The second-order valence-electron chi connectivity index (χ2n) is 3.47. The maximum atomic E-state index is 12.0. The first-order valence-electron chi connectivity index (χ1n) is 5.51. The van der Waals surface area contributed by atoms with Crippen molar-refractivity contribution in [3.63, 3.8) is 0 Å². The van der Waals surface area contributed by atoms with E-state index >= 15 is 0 Å². The fraction of sp³-hybridized carbons (Fsp3) is 0.500. The average molecular weight is 261 g/mol. The Hall–Kier alpha value is -0.810. The molecule has 0 radical (unpaired) electrons. The molecule has 0 aliphatic carbocycles. The molecule has 0 bridgehead atoms. The van der Waals surface area contributed by atoms with Gasteiger partial charge < -0.3 is 9.73 Å². The molecule has 0 aliphatic rings. The summed E-state index contributed by atoms with van der Waals surface area (Å²) in [7, 11) is 0. The molecule has 0 atom stereocenters. The van der Waals surface area contributed by atoms with Gasteiger partial charge in [-0.05, 0) is 32.0 Å². The molecule has 17 heavy (non-hydrogen) atoms. The topological polar surface area (TPSA) is 25.2 Å². The lowest BCUT2D eigenvalue weighted by Crippen LogP contribution is -2.13. The average Bonchev–Trinajstić information content (AvgIpc) is 2.74. The van der Waals surface area contributed by atoms with E-state index in [1.54, 1.807) is 6.07 Å². The van der Waals surface area contributed by atoms with E-state index in [9.17, 15) is 8.78 Å². The molecule has 1 N–H and O–H groups in total. The first kappa shape index (κ1) is 14.3. The number of allylic oxidation sites excluding steroid dienone is 1. The normalized spacial score (nSPS) is 11.8. The van der Waals surface area contributed by atoms with Crippen LogP contribution >= 0.6 is 11.8 Å². The van der Waals surface area contributed by atoms with E-state index in [-0.39, 0.29) is 5.75 Å². The van der Waals surface area contributed by atoms with Crippen molar-refractivity contribution >= 4 is 11.8 Å². The Kier molecular flexibility index (Phi) is 6.96. The summed E-state index contributed by atoms with van der Waals surface area (Å²) in [6.07, 6.45) is 5.07. The predicted octanol–water partition coefficient (Wildman–Crippen LogP) is 3.79. The van der Waals surface area contributed by atoms with Gasteiger partial charge in [-0.25, -0.2) is 0 Å². The smallest absolute Gasteiger partial charge is 0.284 e. The molecule has 1 aromatic heterocycles. The van der Waals surface area contributed by atoms with E-state index in [1.807, 2.05) is 19.1 Å². The van der Waals surface area contributed by atoms with Crippen LogP contribution in [0.1, 0.15) is 24.9 Å². The molecular formula is C12H17F2NOS. The Morgan fingerprint density at radius 3 is 2.88 bits per heavy atom. The predicted molar refractivity (Wildman–Crippen MR) is 67.1 cm³/mol. The Balaban J connectivity index is 2.21. The van der Waals surface area contributed by atoms with Crippen molar-refractivity contribution in [2.75, 3.05) is 6.54 Å². The first-order chi connectivity index (χ1) is 8.22. The van der Waals surface area contributed by atoms with Crippen molar-refractivity contribution < 1.29 is 13.2 Å². The molecule has 0 aromatic carbocycles. The number of halogens is 2. The van der Waals surface area contributed by atoms with Crippen LogP contribution < -0.4 is 5.32 Å². The van der Waals surface area contributed by atoms with Crippen LogP contribution in [0.5, 0.6) is 0 Å². The molecule has 0 saturated heterocycles. The van der Waals surface area contributed by atoms with Crippen LogP contribution in [0.4, 0.5) is 8.78 Å². The number of hydrogen-bond acceptors (Lipinski definition) is 3. The number of rotatable bonds is 8. The molecule has 1 heterocycles. The number of alkyl halides is 2. The lowest BCUT2D eigenvalue weighted by Gasteiger charge is -2.00. The van der Waals surface area contributed by atoms with Crippen LogP contribution in [-0.2, 0) is 12.3 Å². The van der Waals surface area contributed by atoms with Gasteiger partial charge >= 0.3 is 0 Å². The third kappa shape index (κ3) is 6.48. The minimum absolute atomic E-state index is 0.218. The summed E-state index contributed by atoms with van der Waals surface area (Å²) in [4.78, 5) is 0. The van der Waals surface area contributed by atoms with Crippen molar-refractivity contribution in [3.05, 3.63) is 35.8 Å². The quantitative estimate of drug-likeness (QED) is 0.569. The zero-order chi connectivity index (χ0) is 12.5. The highest BCUT2D eigenvalue weighted by Crippen LogP contribution is 2.21. The van der Waals surface area contributed by atoms with Gasteiger partial charge in [0.15, 0.2) is 0 Å². The zero-order valence-corrected chi connectivity index (χ0v) is 10.6. The van der Waals surface area contributed by atoms with E-state index in [4.69, 9.17) is 4.42 Å². The van der Waals surface area contributed by atoms with Gasteiger partial charge in [0.1, 0.15) is 11.5 Å². The second kappa shape index (κ2) is 8.31. The van der Waals surface area contributed by atoms with E-state index < -0.39 is 5.76 Å². The third-order valence-electron chi connectivity index (χ3n) is 2.09. The van der Waals surface area contributed by atoms with Crippen molar-refractivity contribution in [1.29, 1.82) is 0 Å². The molecule has 0 amide bonds. The van der Waals surface area contributed by atoms with Gasteiger partial charge in [0, 0.05) is 0 Å². The van der Waals surface area contributed by atoms with E-state index in [0.717, 1.165) is 18.7 Å². The number of furan rings is 1. The van der Waals surface area contributed by atoms with E-state index in [1.165, 1.54) is 0 Å². The van der Waals surface area contributed by atoms with Crippen LogP contribution in [0, 0.1) is 0 Å². The highest BCUT2D eigenvalue weighted by Gasteiger charge is 2.06. The van der Waals surface area contributed by atoms with Crippen LogP contribution in [0.15, 0.2) is 28.7 Å². The molecule has 1 aromatic rings. The largest absolute Gasteiger partial charge is 0.464 e. The van der Waals surface area contributed by atoms with Crippen LogP contribution in [0.25, 0.3) is 0 Å². The first-order valence-corrected chi connectivity index (χ1v) is 6.56. The van der Waals surface area contributed by atoms with Gasteiger partial charge in [0.25, 0.3) is 5.76 Å². The fourth-order valence-electron chi connectivity index (χ4n) is 1.30. The highest BCUT2D eigenvalue weighted by atomic mass is 32.2. The molecule has 0 saturated carbocycles. The summed E-state index contributed by atoms with van der Waals surface area (Å²) in [5, 5.41) is 3.21. The number of thioether (sulfide) groups is 1. The second-order valence-corrected chi connectivity index (χ2v) is 4.45. The van der Waals surface area contributed by atoms with Crippen molar-refractivity contribution in [3.8, 4) is 0 Å². The lowest BCUT2D eigenvalue weighted by atomic mass is 10.3. The Morgan fingerprint density at radius 2 is 2.18 bits per heavy atom. The molecule has 5 heteroatoms. The van der Waals surface area contributed by atoms with E-state index in [0.29, 0.717) is 24.1 Å². The summed E-state index contributed by atoms with van der Waals surface area (Å²) < 4.78 is 29.3. The fourth-order valence-corrected chi connectivity index (χ4v) is 1.75. The zero-order valence-electron chi connectivity index (χ0n) is 9.79. The molecule has 0 aliphatic heterocycles. The summed E-state index contributed by atoms with van der Waals surface area (Å²) in [5.74, 6) is -0.741. The minimum Gasteiger partial charge on any atom is -0.464 e. The van der Waals surface area contributed by atoms with Gasteiger partial charge in [0.05, 0.1) is 12.3 Å². The Morgan fingerprint density at radius 1 is 1.41 bits per heavy atom. The molecule has 2 nitrogen and oxygen atoms in total. The molecule has 96 valence electrons. The molecule has 0 fully saturated rings. The SMILES string of the molecule is C/C=C/CCNCc1ccc(CSC(F)F)o1. The molecule has 0 unspecified atom stereocenters. The maximum Gasteiger partial charge on any atom is 0.284 e. The Bertz CT molecular complexity index is 339. The molecule has 0 spiro atoms. The summed E-state index contributed by atoms with van der Waals surface area (Å²) >= 11 is 0.576. The van der Waals surface area contributed by atoms with Crippen molar-refractivity contribution in [1.82, 2.24) is 5.32 Å². The Labute approximate surface area is 104 Å². The number of nitrogens with one attached hydrogen (secondary N) is 1. The lowest BCUT2D eigenvalue weighted by molar-refractivity contribution is 0.251. The maximum absolute atomic E-state index is 12.0. The molecular weight excluding hydrogens is 244 g/mol. The minimum atomic E-state index is -2.34. The highest BCUT2D eigenvalue weighted by molar-refractivity contribution is 7.98. The van der Waals surface area contributed by atoms with Gasteiger partial charge in [-0.1, -0.05) is 23.9 Å². The van der Waals surface area contributed by atoms with Gasteiger partial charge in [0.2, 0.25) is 0 Å². The van der Waals surface area contributed by atoms with Crippen LogP contribution in [-0.4, -0.2) is 12.3 Å². The third-order valence-corrected chi connectivity index (χ3v) is 2.79. The van der Waals surface area contributed by atoms with Crippen LogP contribution in [0.2, 0.25) is 0 Å². The summed E-state index contributed by atoms with van der Waals surface area (Å²) in [6.45, 7) is 3.50. The van der Waals surface area contributed by atoms with Crippen LogP contribution in [0.3, 0.4) is 0 Å². The monoisotopic (exact) mass is 261 g/mol. The molecule has 1 rings (SSSR count). The van der Waals surface area contributed by atoms with Gasteiger partial charge in [-0.3, -0.25) is 0 Å². The number of hydrogen-bond donors (Lipinski definition) is 1. The van der Waals surface area contributed by atoms with Gasteiger partial charge in [-0.2, -0.15) is 8.78 Å². The summed E-state index contributed by atoms with van der Waals surface area (Å²) in [5.41, 5.74) is 0. The summed E-state index contributed by atoms with van der Waals surface area (Å²) in [6, 6.07) is 3.57. The standard InChI is InChI=1S/C12H17F2NOS/c1-2-3-4-7-15-8-10-5-6-11(16-10)9-17-12(13)14/h2-3,5-6,12,15H,4,7-9H2,1H3/b3-2+. The van der Waals surface area contributed by atoms with Crippen molar-refractivity contribution in [2.24, 2.45) is 0 Å². The van der Waals surface area contributed by atoms with Gasteiger partial charge in [-0.15, -0.1) is 0 Å². The van der Waals surface area contributed by atoms with Crippen molar-refractivity contribution in [2.45, 2.75) is 31.4 Å².